The van der Waals surface area contributed by atoms with E-state index in [1.807, 2.05) is 27.7 Å². The molecule has 0 aliphatic carbocycles. The van der Waals surface area contributed by atoms with E-state index in [1.165, 1.54) is 0 Å². The molecule has 0 rings (SSSR count). The van der Waals surface area contributed by atoms with E-state index in [0.29, 0.717) is 19.4 Å². The summed E-state index contributed by atoms with van der Waals surface area (Å²) in [5.74, 6) is 0.0339. The van der Waals surface area contributed by atoms with Crippen molar-refractivity contribution in [1.29, 1.82) is 0 Å². The zero-order chi connectivity index (χ0) is 15.1. The number of nitrogens with two attached hydrogens (primary N) is 1. The number of hydrogen-bond donors (Lipinski definition) is 4. The van der Waals surface area contributed by atoms with Gasteiger partial charge in [-0.2, -0.15) is 0 Å². The van der Waals surface area contributed by atoms with Crippen LogP contribution in [0.1, 0.15) is 40.5 Å². The van der Waals surface area contributed by atoms with Crippen LogP contribution < -0.4 is 16.4 Å². The molecule has 0 saturated carbocycles. The summed E-state index contributed by atoms with van der Waals surface area (Å²) in [6.45, 7) is 8.39. The Morgan fingerprint density at radius 1 is 1.32 bits per heavy atom. The Morgan fingerprint density at radius 2 is 1.89 bits per heavy atom. The minimum atomic E-state index is -0.699. The van der Waals surface area contributed by atoms with Crippen molar-refractivity contribution in [3.8, 4) is 0 Å². The van der Waals surface area contributed by atoms with Gasteiger partial charge in [0.05, 0.1) is 0 Å². The van der Waals surface area contributed by atoms with Crippen molar-refractivity contribution in [1.82, 2.24) is 10.6 Å². The molecule has 0 heterocycles. The summed E-state index contributed by atoms with van der Waals surface area (Å²) in [5.41, 5.74) is 4.89. The Bertz CT molecular complexity index is 304. The maximum atomic E-state index is 12.0. The molecule has 112 valence electrons. The number of urea groups is 1. The molecule has 1 atom stereocenters. The molecule has 5 N–H and O–H groups in total. The first-order valence-electron chi connectivity index (χ1n) is 6.62. The minimum absolute atomic E-state index is 0.0812. The lowest BCUT2D eigenvalue weighted by atomic mass is 9.89. The molecule has 3 amide bonds. The minimum Gasteiger partial charge on any atom is -0.396 e. The summed E-state index contributed by atoms with van der Waals surface area (Å²) in [7, 11) is 0. The zero-order valence-corrected chi connectivity index (χ0v) is 12.3. The summed E-state index contributed by atoms with van der Waals surface area (Å²) in [5, 5.41) is 14.2. The molecule has 6 nitrogen and oxygen atoms in total. The van der Waals surface area contributed by atoms with Crippen LogP contribution in [0.15, 0.2) is 0 Å². The third-order valence-corrected chi connectivity index (χ3v) is 2.87. The molecule has 6 heteroatoms. The van der Waals surface area contributed by atoms with Crippen molar-refractivity contribution in [3.05, 3.63) is 0 Å². The highest BCUT2D eigenvalue weighted by atomic mass is 16.3. The van der Waals surface area contributed by atoms with Gasteiger partial charge in [0.2, 0.25) is 5.91 Å². The summed E-state index contributed by atoms with van der Waals surface area (Å²) in [6, 6.07) is -1.31. The predicted molar refractivity (Wildman–Crippen MR) is 74.5 cm³/mol. The van der Waals surface area contributed by atoms with Crippen LogP contribution >= 0.6 is 0 Å². The molecule has 0 bridgehead atoms. The first-order valence-corrected chi connectivity index (χ1v) is 6.62. The highest BCUT2D eigenvalue weighted by Crippen LogP contribution is 2.18. The molecule has 0 aliphatic heterocycles. The second kappa shape index (κ2) is 7.99. The van der Waals surface area contributed by atoms with Crippen LogP contribution in [0.5, 0.6) is 0 Å². The van der Waals surface area contributed by atoms with E-state index in [-0.39, 0.29) is 23.8 Å². The number of carbonyl (C=O) groups is 2. The SMILES string of the molecule is CC(C)CC(NC(N)=O)C(=O)NCC(C)(C)CCO. The van der Waals surface area contributed by atoms with Gasteiger partial charge in [0.15, 0.2) is 0 Å². The van der Waals surface area contributed by atoms with Crippen LogP contribution in [-0.2, 0) is 4.79 Å². The van der Waals surface area contributed by atoms with Gasteiger partial charge in [0.1, 0.15) is 6.04 Å². The third-order valence-electron chi connectivity index (χ3n) is 2.87. The zero-order valence-electron chi connectivity index (χ0n) is 12.3. The average molecular weight is 273 g/mol. The summed E-state index contributed by atoms with van der Waals surface area (Å²) in [6.07, 6.45) is 1.14. The van der Waals surface area contributed by atoms with Gasteiger partial charge in [-0.15, -0.1) is 0 Å². The van der Waals surface area contributed by atoms with Gasteiger partial charge in [-0.05, 0) is 24.2 Å². The van der Waals surface area contributed by atoms with Crippen LogP contribution in [0.4, 0.5) is 4.79 Å². The van der Waals surface area contributed by atoms with Gasteiger partial charge < -0.3 is 21.5 Å². The highest BCUT2D eigenvalue weighted by molar-refractivity contribution is 5.86. The Morgan fingerprint density at radius 3 is 2.32 bits per heavy atom. The molecular weight excluding hydrogens is 246 g/mol. The van der Waals surface area contributed by atoms with Crippen molar-refractivity contribution in [2.24, 2.45) is 17.1 Å². The number of rotatable bonds is 8. The molecule has 0 fully saturated rings. The van der Waals surface area contributed by atoms with Gasteiger partial charge in [-0.25, -0.2) is 4.79 Å². The van der Waals surface area contributed by atoms with Crippen molar-refractivity contribution in [2.75, 3.05) is 13.2 Å². The van der Waals surface area contributed by atoms with Crippen LogP contribution in [0, 0.1) is 11.3 Å². The van der Waals surface area contributed by atoms with Crippen LogP contribution in [-0.4, -0.2) is 36.2 Å². The largest absolute Gasteiger partial charge is 0.396 e. The predicted octanol–water partition coefficient (Wildman–Crippen LogP) is 0.594. The standard InChI is InChI=1S/C13H27N3O3/c1-9(2)7-10(16-12(14)19)11(18)15-8-13(3,4)5-6-17/h9-10,17H,5-8H2,1-4H3,(H,15,18)(H3,14,16,19). The first kappa shape index (κ1) is 17.7. The van der Waals surface area contributed by atoms with Gasteiger partial charge in [0.25, 0.3) is 0 Å². The van der Waals surface area contributed by atoms with E-state index in [0.717, 1.165) is 0 Å². The van der Waals surface area contributed by atoms with Crippen molar-refractivity contribution in [3.63, 3.8) is 0 Å². The van der Waals surface area contributed by atoms with Crippen molar-refractivity contribution in [2.45, 2.75) is 46.6 Å². The lowest BCUT2D eigenvalue weighted by Gasteiger charge is -2.26. The fourth-order valence-electron chi connectivity index (χ4n) is 1.72. The van der Waals surface area contributed by atoms with Gasteiger partial charge >= 0.3 is 6.03 Å². The smallest absolute Gasteiger partial charge is 0.312 e. The van der Waals surface area contributed by atoms with E-state index in [4.69, 9.17) is 10.8 Å². The third kappa shape index (κ3) is 8.42. The Hall–Kier alpha value is -1.30. The molecule has 0 aromatic carbocycles. The summed E-state index contributed by atoms with van der Waals surface area (Å²) in [4.78, 5) is 22.9. The van der Waals surface area contributed by atoms with Crippen LogP contribution in [0.25, 0.3) is 0 Å². The van der Waals surface area contributed by atoms with Gasteiger partial charge in [-0.1, -0.05) is 27.7 Å². The topological polar surface area (TPSA) is 104 Å². The normalized spacial score (nSPS) is 13.2. The molecule has 1 unspecified atom stereocenters. The number of amides is 3. The lowest BCUT2D eigenvalue weighted by molar-refractivity contribution is -0.123. The van der Waals surface area contributed by atoms with E-state index in [1.54, 1.807) is 0 Å². The second-order valence-corrected chi connectivity index (χ2v) is 6.05. The fraction of sp³-hybridized carbons (Fsp3) is 0.846. The second-order valence-electron chi connectivity index (χ2n) is 6.05. The van der Waals surface area contributed by atoms with Gasteiger partial charge in [-0.3, -0.25) is 4.79 Å². The Labute approximate surface area is 115 Å². The molecule has 0 saturated heterocycles. The molecule has 0 radical (unpaired) electrons. The average Bonchev–Trinajstić information content (AvgIpc) is 2.23. The quantitative estimate of drug-likeness (QED) is 0.520. The van der Waals surface area contributed by atoms with Crippen molar-refractivity contribution < 1.29 is 14.7 Å². The van der Waals surface area contributed by atoms with E-state index >= 15 is 0 Å². The Kier molecular flexibility index (Phi) is 7.44. The molecular formula is C13H27N3O3. The van der Waals surface area contributed by atoms with Crippen molar-refractivity contribution >= 4 is 11.9 Å². The monoisotopic (exact) mass is 273 g/mol. The van der Waals surface area contributed by atoms with E-state index in [2.05, 4.69) is 10.6 Å². The number of carbonyl (C=O) groups excluding carboxylic acids is 2. The summed E-state index contributed by atoms with van der Waals surface area (Å²) >= 11 is 0. The lowest BCUT2D eigenvalue weighted by Crippen LogP contribution is -2.50. The molecule has 19 heavy (non-hydrogen) atoms. The number of primary amides is 1. The number of aliphatic hydroxyl groups is 1. The van der Waals surface area contributed by atoms with Crippen LogP contribution in [0.2, 0.25) is 0 Å². The molecule has 0 aromatic heterocycles. The van der Waals surface area contributed by atoms with E-state index < -0.39 is 12.1 Å². The fourth-order valence-corrected chi connectivity index (χ4v) is 1.72. The molecule has 0 aromatic rings. The maximum Gasteiger partial charge on any atom is 0.312 e. The molecule has 0 spiro atoms. The number of nitrogens with one attached hydrogen (secondary N) is 2. The number of hydrogen-bond acceptors (Lipinski definition) is 3. The highest BCUT2D eigenvalue weighted by Gasteiger charge is 2.24. The van der Waals surface area contributed by atoms with E-state index in [9.17, 15) is 9.59 Å². The first-order chi connectivity index (χ1) is 8.68. The number of aliphatic hydroxyl groups excluding tert-OH is 1. The van der Waals surface area contributed by atoms with Crippen LogP contribution in [0.3, 0.4) is 0 Å². The Balaban J connectivity index is 4.43. The van der Waals surface area contributed by atoms with Gasteiger partial charge in [0, 0.05) is 13.2 Å². The summed E-state index contributed by atoms with van der Waals surface area (Å²) < 4.78 is 0. The molecule has 0 aliphatic rings. The maximum absolute atomic E-state index is 12.0.